The quantitative estimate of drug-likeness (QED) is 0.832. The minimum Gasteiger partial charge on any atom is -1.00 e. The zero-order valence-corrected chi connectivity index (χ0v) is 14.5. The fourth-order valence-electron chi connectivity index (χ4n) is 1.61. The van der Waals surface area contributed by atoms with E-state index in [1.807, 2.05) is 36.4 Å². The van der Waals surface area contributed by atoms with Gasteiger partial charge in [0.25, 0.3) is 0 Å². The maximum Gasteiger partial charge on any atom is 2.00 e. The van der Waals surface area contributed by atoms with Crippen molar-refractivity contribution < 1.29 is 33.9 Å². The first-order chi connectivity index (χ1) is 8.66. The van der Waals surface area contributed by atoms with E-state index in [-0.39, 0.29) is 57.0 Å². The Morgan fingerprint density at radius 3 is 2.09 bits per heavy atom. The van der Waals surface area contributed by atoms with Crippen molar-refractivity contribution in [2.45, 2.75) is 12.8 Å². The van der Waals surface area contributed by atoms with Crippen LogP contribution in [0.4, 0.5) is 0 Å². The molecule has 0 fully saturated rings. The fraction of sp³-hybridized carbons (Fsp3) is 0.133. The van der Waals surface area contributed by atoms with Crippen molar-refractivity contribution in [3.8, 4) is 11.5 Å². The maximum absolute atomic E-state index is 10.9. The summed E-state index contributed by atoms with van der Waals surface area (Å²) in [6.45, 7) is 1.66. The molecule has 2 aromatic carbocycles. The average Bonchev–Trinajstić information content (AvgIpc) is 2.39. The first-order valence-electron chi connectivity index (χ1n) is 5.72. The molecular weight excluding hydrogens is 316 g/mol. The van der Waals surface area contributed by atoms with Crippen molar-refractivity contribution in [2.75, 3.05) is 0 Å². The molecule has 0 bridgehead atoms. The average molecular weight is 338 g/mol. The molecule has 0 aliphatic rings. The van der Waals surface area contributed by atoms with E-state index >= 15 is 0 Å². The number of aliphatic carboxylic acids is 1. The second-order valence-electron chi connectivity index (χ2n) is 4.05. The first-order valence-corrected chi connectivity index (χ1v) is 5.72. The molecule has 22 heavy (non-hydrogen) atoms. The summed E-state index contributed by atoms with van der Waals surface area (Å²) in [7, 11) is 0. The van der Waals surface area contributed by atoms with Crippen LogP contribution in [0.15, 0.2) is 54.6 Å². The van der Waals surface area contributed by atoms with E-state index in [1.54, 1.807) is 25.1 Å². The zero-order valence-electron chi connectivity index (χ0n) is 14.2. The molecule has 1 unspecified atom stereocenters. The van der Waals surface area contributed by atoms with E-state index in [2.05, 4.69) is 0 Å². The first kappa shape index (κ1) is 25.8. The minimum absolute atomic E-state index is 0. The summed E-state index contributed by atoms with van der Waals surface area (Å²) in [6, 6.07) is 16.6. The van der Waals surface area contributed by atoms with Crippen LogP contribution in [0.25, 0.3) is 0 Å². The number of benzene rings is 2. The van der Waals surface area contributed by atoms with Gasteiger partial charge in [0, 0.05) is 0 Å². The number of carbonyl (C=O) groups is 1. The predicted molar refractivity (Wildman–Crippen MR) is 87.8 cm³/mol. The number of carboxylic acids is 1. The summed E-state index contributed by atoms with van der Waals surface area (Å²) in [6.07, 6.45) is 0. The second-order valence-corrected chi connectivity index (χ2v) is 4.05. The van der Waals surface area contributed by atoms with E-state index < -0.39 is 11.9 Å². The van der Waals surface area contributed by atoms with Gasteiger partial charge in [0.15, 0.2) is 0 Å². The molecule has 0 radical (unpaired) electrons. The molecule has 120 valence electrons. The fourth-order valence-corrected chi connectivity index (χ4v) is 1.61. The molecule has 0 saturated heterocycles. The third-order valence-corrected chi connectivity index (χ3v) is 2.71. The van der Waals surface area contributed by atoms with E-state index in [4.69, 9.17) is 9.84 Å². The number of hydrogen-bond acceptors (Lipinski definition) is 2. The molecule has 2 rings (SSSR count). The maximum atomic E-state index is 10.9. The molecule has 0 spiro atoms. The standard InChI is InChI=1S/C15H14O3.Ca.3H2O.2H/c1-11(15(16)17)12-6-5-9-14(10-12)18-13-7-3-2-4-8-13;;;;;;/h2-11H,1H3,(H,16,17);;3*1H2;;/q;+2;;;;2*-1. The van der Waals surface area contributed by atoms with Crippen LogP contribution in [0.2, 0.25) is 0 Å². The molecule has 7 heteroatoms. The van der Waals surface area contributed by atoms with Gasteiger partial charge >= 0.3 is 43.7 Å². The molecule has 2 aromatic rings. The second kappa shape index (κ2) is 12.4. The minimum atomic E-state index is -0.841. The molecule has 0 aliphatic carbocycles. The number of rotatable bonds is 4. The van der Waals surface area contributed by atoms with E-state index in [1.165, 1.54) is 0 Å². The Bertz CT molecular complexity index is 557. The SMILES string of the molecule is CC(C(=O)O)c1cccc(Oc2ccccc2)c1.O.O.O.[Ca+2].[H-].[H-]. The van der Waals surface area contributed by atoms with Gasteiger partial charge in [-0.05, 0) is 36.8 Å². The molecule has 1 atom stereocenters. The van der Waals surface area contributed by atoms with Crippen LogP contribution in [-0.2, 0) is 4.79 Å². The van der Waals surface area contributed by atoms with Crippen LogP contribution in [0, 0.1) is 0 Å². The van der Waals surface area contributed by atoms with E-state index in [9.17, 15) is 4.79 Å². The third-order valence-electron chi connectivity index (χ3n) is 2.71. The van der Waals surface area contributed by atoms with Gasteiger partial charge in [0.2, 0.25) is 0 Å². The summed E-state index contributed by atoms with van der Waals surface area (Å²) in [5.74, 6) is 0.000567. The van der Waals surface area contributed by atoms with Crippen molar-refractivity contribution in [1.29, 1.82) is 0 Å². The van der Waals surface area contributed by atoms with Crippen LogP contribution in [0.3, 0.4) is 0 Å². The summed E-state index contributed by atoms with van der Waals surface area (Å²) in [5.41, 5.74) is 0.732. The zero-order chi connectivity index (χ0) is 13.0. The molecular formula is C15H22CaO6. The van der Waals surface area contributed by atoms with Gasteiger partial charge in [0.1, 0.15) is 11.5 Å². The number of hydrogen-bond donors (Lipinski definition) is 1. The van der Waals surface area contributed by atoms with Gasteiger partial charge in [-0.3, -0.25) is 4.79 Å². The van der Waals surface area contributed by atoms with Crippen LogP contribution < -0.4 is 4.74 Å². The Kier molecular flexibility index (Phi) is 14.5. The van der Waals surface area contributed by atoms with Gasteiger partial charge in [0.05, 0.1) is 5.92 Å². The van der Waals surface area contributed by atoms with Crippen LogP contribution >= 0.6 is 0 Å². The van der Waals surface area contributed by atoms with Crippen LogP contribution in [-0.4, -0.2) is 65.2 Å². The van der Waals surface area contributed by atoms with Crippen LogP contribution in [0.1, 0.15) is 21.3 Å². The van der Waals surface area contributed by atoms with Gasteiger partial charge in [-0.15, -0.1) is 0 Å². The van der Waals surface area contributed by atoms with Gasteiger partial charge < -0.3 is 29.1 Å². The Labute approximate surface area is 161 Å². The molecule has 0 aromatic heterocycles. The number of para-hydroxylation sites is 1. The van der Waals surface area contributed by atoms with Gasteiger partial charge in [-0.2, -0.15) is 0 Å². The summed E-state index contributed by atoms with van der Waals surface area (Å²) < 4.78 is 5.66. The van der Waals surface area contributed by atoms with Crippen molar-refractivity contribution in [3.05, 3.63) is 60.2 Å². The summed E-state index contributed by atoms with van der Waals surface area (Å²) in [4.78, 5) is 10.9. The molecule has 0 saturated carbocycles. The third kappa shape index (κ3) is 7.22. The van der Waals surface area contributed by atoms with Crippen molar-refractivity contribution in [3.63, 3.8) is 0 Å². The van der Waals surface area contributed by atoms with Gasteiger partial charge in [-0.1, -0.05) is 30.3 Å². The van der Waals surface area contributed by atoms with E-state index in [0.717, 1.165) is 11.3 Å². The van der Waals surface area contributed by atoms with E-state index in [0.29, 0.717) is 5.75 Å². The molecule has 7 N–H and O–H groups in total. The largest absolute Gasteiger partial charge is 2.00 e. The molecule has 0 heterocycles. The molecule has 0 amide bonds. The van der Waals surface area contributed by atoms with Crippen LogP contribution in [0.5, 0.6) is 11.5 Å². The Morgan fingerprint density at radius 2 is 1.55 bits per heavy atom. The smallest absolute Gasteiger partial charge is 1.00 e. The molecule has 0 aliphatic heterocycles. The summed E-state index contributed by atoms with van der Waals surface area (Å²) in [5, 5.41) is 8.98. The number of carboxylic acid groups (broad SMARTS) is 1. The Hall–Kier alpha value is -1.15. The van der Waals surface area contributed by atoms with Crippen molar-refractivity contribution >= 4 is 43.7 Å². The predicted octanol–water partition coefficient (Wildman–Crippen LogP) is 1.04. The van der Waals surface area contributed by atoms with Gasteiger partial charge in [-0.25, -0.2) is 0 Å². The monoisotopic (exact) mass is 338 g/mol. The number of ether oxygens (including phenoxy) is 1. The topological polar surface area (TPSA) is 141 Å². The van der Waals surface area contributed by atoms with Crippen molar-refractivity contribution in [1.82, 2.24) is 0 Å². The Balaban J connectivity index is -0.000000201. The normalized spacial score (nSPS) is 9.68. The van der Waals surface area contributed by atoms with Crippen molar-refractivity contribution in [2.24, 2.45) is 0 Å². The Morgan fingerprint density at radius 1 is 1.00 bits per heavy atom. The summed E-state index contributed by atoms with van der Waals surface area (Å²) >= 11 is 0. The molecule has 6 nitrogen and oxygen atoms in total.